The molecule has 2 aromatic carbocycles. The molecule has 32 heavy (non-hydrogen) atoms. The number of alkyl halides is 3. The van der Waals surface area contributed by atoms with Crippen LogP contribution in [0.15, 0.2) is 53.5 Å². The zero-order valence-corrected chi connectivity index (χ0v) is 17.0. The fourth-order valence-electron chi connectivity index (χ4n) is 2.58. The molecule has 0 aliphatic heterocycles. The van der Waals surface area contributed by atoms with Crippen LogP contribution >= 0.6 is 11.6 Å². The van der Waals surface area contributed by atoms with Crippen LogP contribution in [0.2, 0.25) is 5.02 Å². The minimum atomic E-state index is -4.66. The molecule has 0 fully saturated rings. The number of halogens is 6. The van der Waals surface area contributed by atoms with Gasteiger partial charge in [-0.15, -0.1) is 0 Å². The largest absolute Gasteiger partial charge is 0.432 e. The van der Waals surface area contributed by atoms with E-state index < -0.39 is 35.5 Å². The van der Waals surface area contributed by atoms with Crippen LogP contribution in [0.5, 0.6) is 0 Å². The van der Waals surface area contributed by atoms with Crippen LogP contribution in [0.1, 0.15) is 34.6 Å². The molecule has 0 aliphatic rings. The number of hydrogen-bond acceptors (Lipinski definition) is 2. The van der Waals surface area contributed by atoms with E-state index in [-0.39, 0.29) is 17.3 Å². The second-order valence-electron chi connectivity index (χ2n) is 6.60. The van der Waals surface area contributed by atoms with Gasteiger partial charge in [-0.3, -0.25) is 9.89 Å². The van der Waals surface area contributed by atoms with E-state index in [4.69, 9.17) is 11.6 Å². The van der Waals surface area contributed by atoms with Crippen molar-refractivity contribution in [3.8, 4) is 0 Å². The summed E-state index contributed by atoms with van der Waals surface area (Å²) in [7, 11) is 0. The number of carbonyl (C=O) groups excluding carboxylic acids is 1. The Labute approximate surface area is 183 Å². The maximum atomic E-state index is 13.5. The molecule has 6 nitrogen and oxygen atoms in total. The summed E-state index contributed by atoms with van der Waals surface area (Å²) in [5.74, 6) is -3.89. The predicted molar refractivity (Wildman–Crippen MR) is 108 cm³/mol. The minimum Gasteiger partial charge on any atom is -0.349 e. The number of H-pyrrole nitrogens is 1. The van der Waals surface area contributed by atoms with Crippen molar-refractivity contribution in [1.29, 1.82) is 0 Å². The Balaban J connectivity index is 1.89. The summed E-state index contributed by atoms with van der Waals surface area (Å²) in [6.45, 7) is 1.70. The van der Waals surface area contributed by atoms with Crippen LogP contribution in [-0.4, -0.2) is 22.1 Å². The van der Waals surface area contributed by atoms with Gasteiger partial charge in [-0.05, 0) is 42.8 Å². The Kier molecular flexibility index (Phi) is 6.78. The summed E-state index contributed by atoms with van der Waals surface area (Å²) in [6, 6.07) is 9.33. The van der Waals surface area contributed by atoms with Crippen LogP contribution in [-0.2, 0) is 6.18 Å². The van der Waals surface area contributed by atoms with Crippen molar-refractivity contribution in [3.63, 3.8) is 0 Å². The zero-order chi connectivity index (χ0) is 23.5. The number of guanidine groups is 1. The third kappa shape index (κ3) is 5.82. The quantitative estimate of drug-likeness (QED) is 0.273. The Morgan fingerprint density at radius 3 is 2.38 bits per heavy atom. The summed E-state index contributed by atoms with van der Waals surface area (Å²) >= 11 is 5.87. The molecule has 0 spiro atoms. The molecule has 0 aliphatic carbocycles. The molecule has 0 saturated carbocycles. The predicted octanol–water partition coefficient (Wildman–Crippen LogP) is 5.32. The normalized spacial score (nSPS) is 13.0. The zero-order valence-electron chi connectivity index (χ0n) is 16.3. The number of amides is 1. The second-order valence-corrected chi connectivity index (χ2v) is 7.04. The van der Waals surface area contributed by atoms with Crippen molar-refractivity contribution in [3.05, 3.63) is 82.0 Å². The van der Waals surface area contributed by atoms with Crippen molar-refractivity contribution < 1.29 is 26.7 Å². The lowest BCUT2D eigenvalue weighted by molar-refractivity contribution is -0.141. The fraction of sp³-hybridized carbons (Fsp3) is 0.150. The number of aromatic nitrogens is 2. The highest BCUT2D eigenvalue weighted by atomic mass is 35.5. The van der Waals surface area contributed by atoms with Crippen LogP contribution in [0, 0.1) is 11.6 Å². The van der Waals surface area contributed by atoms with Crippen molar-refractivity contribution in [1.82, 2.24) is 15.5 Å². The van der Waals surface area contributed by atoms with Gasteiger partial charge in [-0.25, -0.2) is 8.78 Å². The molecular formula is C20H15ClF5N5O. The van der Waals surface area contributed by atoms with Crippen LogP contribution < -0.4 is 10.6 Å². The number of anilines is 1. The topological polar surface area (TPSA) is 82.2 Å². The second kappa shape index (κ2) is 9.35. The molecule has 3 aromatic rings. The summed E-state index contributed by atoms with van der Waals surface area (Å²) in [6.07, 6.45) is -4.66. The van der Waals surface area contributed by atoms with Gasteiger partial charge in [-0.1, -0.05) is 23.7 Å². The van der Waals surface area contributed by atoms with Gasteiger partial charge < -0.3 is 10.6 Å². The first kappa shape index (κ1) is 23.2. The summed E-state index contributed by atoms with van der Waals surface area (Å²) in [4.78, 5) is 16.2. The molecule has 12 heteroatoms. The number of nitrogens with one attached hydrogen (secondary N) is 3. The molecule has 1 aromatic heterocycles. The highest BCUT2D eigenvalue weighted by Gasteiger charge is 2.33. The number of rotatable bonds is 4. The lowest BCUT2D eigenvalue weighted by atomic mass is 10.1. The third-order valence-electron chi connectivity index (χ3n) is 4.23. The van der Waals surface area contributed by atoms with Gasteiger partial charge in [0.1, 0.15) is 5.69 Å². The number of carbonyl (C=O) groups is 1. The molecule has 3 N–H and O–H groups in total. The first-order valence-corrected chi connectivity index (χ1v) is 9.40. The van der Waals surface area contributed by atoms with Gasteiger partial charge in [0.25, 0.3) is 5.91 Å². The van der Waals surface area contributed by atoms with Crippen LogP contribution in [0.3, 0.4) is 0 Å². The van der Waals surface area contributed by atoms with E-state index in [0.717, 1.165) is 17.7 Å². The summed E-state index contributed by atoms with van der Waals surface area (Å²) in [5.41, 5.74) is -0.652. The lowest BCUT2D eigenvalue weighted by Crippen LogP contribution is -2.34. The first-order chi connectivity index (χ1) is 15.0. The molecule has 1 amide bonds. The molecule has 1 heterocycles. The molecule has 1 atom stereocenters. The Hall–Kier alpha value is -3.47. The van der Waals surface area contributed by atoms with E-state index in [0.29, 0.717) is 17.2 Å². The number of aliphatic imine (C=N–C) groups is 1. The van der Waals surface area contributed by atoms with E-state index in [9.17, 15) is 26.7 Å². The van der Waals surface area contributed by atoms with Gasteiger partial charge in [0.05, 0.1) is 6.04 Å². The van der Waals surface area contributed by atoms with E-state index >= 15 is 0 Å². The maximum Gasteiger partial charge on any atom is 0.432 e. The monoisotopic (exact) mass is 471 g/mol. The van der Waals surface area contributed by atoms with Crippen molar-refractivity contribution in [2.45, 2.75) is 19.1 Å². The minimum absolute atomic E-state index is 0.262. The lowest BCUT2D eigenvalue weighted by Gasteiger charge is -2.17. The maximum absolute atomic E-state index is 13.5. The highest BCUT2D eigenvalue weighted by molar-refractivity contribution is 6.30. The number of aromatic amines is 1. The Morgan fingerprint density at radius 1 is 1.09 bits per heavy atom. The average Bonchev–Trinajstić information content (AvgIpc) is 3.19. The van der Waals surface area contributed by atoms with Crippen molar-refractivity contribution in [2.75, 3.05) is 5.32 Å². The average molecular weight is 472 g/mol. The Bertz CT molecular complexity index is 1140. The summed E-state index contributed by atoms with van der Waals surface area (Å²) < 4.78 is 65.1. The van der Waals surface area contributed by atoms with Crippen LogP contribution in [0.25, 0.3) is 0 Å². The number of nitrogens with zero attached hydrogens (tertiary/aromatic N) is 2. The molecule has 0 bridgehead atoms. The SMILES string of the molecule is CC(N/C(=N/C(=O)c1ccc(F)c(F)c1)Nc1cc(C(F)(F)F)[nH]n1)c1ccc(Cl)cc1. The van der Waals surface area contributed by atoms with Gasteiger partial charge in [0, 0.05) is 16.7 Å². The molecule has 0 saturated heterocycles. The molecule has 1 unspecified atom stereocenters. The van der Waals surface area contributed by atoms with Crippen molar-refractivity contribution >= 4 is 29.3 Å². The van der Waals surface area contributed by atoms with Gasteiger partial charge >= 0.3 is 6.18 Å². The van der Waals surface area contributed by atoms with E-state index in [2.05, 4.69) is 20.7 Å². The molecule has 3 rings (SSSR count). The van der Waals surface area contributed by atoms with Crippen molar-refractivity contribution in [2.24, 2.45) is 4.99 Å². The molecule has 0 radical (unpaired) electrons. The fourth-order valence-corrected chi connectivity index (χ4v) is 2.71. The standard InChI is InChI=1S/C20H15ClF5N5O/c1-10(11-2-5-13(21)6-3-11)27-19(28-17-9-16(30-31-17)20(24,25)26)29-18(32)12-4-7-14(22)15(23)8-12/h2-10H,1H3,(H3,27,28,29,30,31,32). The third-order valence-corrected chi connectivity index (χ3v) is 4.48. The van der Waals surface area contributed by atoms with Crippen LogP contribution in [0.4, 0.5) is 27.8 Å². The molecular weight excluding hydrogens is 457 g/mol. The van der Waals surface area contributed by atoms with Gasteiger partial charge in [0.15, 0.2) is 17.5 Å². The van der Waals surface area contributed by atoms with E-state index in [1.807, 2.05) is 5.10 Å². The highest BCUT2D eigenvalue weighted by Crippen LogP contribution is 2.28. The van der Waals surface area contributed by atoms with E-state index in [1.165, 1.54) is 0 Å². The summed E-state index contributed by atoms with van der Waals surface area (Å²) in [5, 5.41) is 11.2. The molecule has 168 valence electrons. The smallest absolute Gasteiger partial charge is 0.349 e. The first-order valence-electron chi connectivity index (χ1n) is 9.02. The van der Waals surface area contributed by atoms with Gasteiger partial charge in [0.2, 0.25) is 5.96 Å². The van der Waals surface area contributed by atoms with Gasteiger partial charge in [-0.2, -0.15) is 23.3 Å². The van der Waals surface area contributed by atoms with E-state index in [1.54, 1.807) is 31.2 Å². The number of benzene rings is 2. The Morgan fingerprint density at radius 2 is 1.78 bits per heavy atom. The number of hydrogen-bond donors (Lipinski definition) is 3.